The van der Waals surface area contributed by atoms with Gasteiger partial charge in [0.05, 0.1) is 5.92 Å². The van der Waals surface area contributed by atoms with Crippen LogP contribution in [-0.2, 0) is 22.4 Å². The molecule has 4 heteroatoms. The Morgan fingerprint density at radius 3 is 2.54 bits per heavy atom. The van der Waals surface area contributed by atoms with Crippen LogP contribution in [0, 0.1) is 17.3 Å². The van der Waals surface area contributed by atoms with Gasteiger partial charge in [-0.3, -0.25) is 9.59 Å². The first-order valence-electron chi connectivity index (χ1n) is 9.15. The standard InChI is InChI=1S/C20H25NO3/c22-18(12-14-5-6-15-3-1-2-4-16(15)11-14)21-9-7-20(8-10-21)13-17(20)19(23)24/h1-4,14,17H,5-13H2,(H,23,24). The van der Waals surface area contributed by atoms with Crippen LogP contribution in [0.25, 0.3) is 0 Å². The number of rotatable bonds is 3. The quantitative estimate of drug-likeness (QED) is 0.929. The summed E-state index contributed by atoms with van der Waals surface area (Å²) in [6.07, 6.45) is 6.37. The lowest BCUT2D eigenvalue weighted by molar-refractivity contribution is -0.140. The van der Waals surface area contributed by atoms with Gasteiger partial charge in [-0.25, -0.2) is 0 Å². The predicted octanol–water partition coefficient (Wildman–Crippen LogP) is 2.89. The van der Waals surface area contributed by atoms with Crippen molar-refractivity contribution in [3.8, 4) is 0 Å². The van der Waals surface area contributed by atoms with E-state index in [0.717, 1.165) is 51.6 Å². The molecule has 128 valence electrons. The lowest BCUT2D eigenvalue weighted by Crippen LogP contribution is -2.41. The average molecular weight is 327 g/mol. The number of carboxylic acids is 1. The van der Waals surface area contributed by atoms with Crippen molar-refractivity contribution in [2.75, 3.05) is 13.1 Å². The fraction of sp³-hybridized carbons (Fsp3) is 0.600. The van der Waals surface area contributed by atoms with E-state index in [1.807, 2.05) is 4.90 Å². The van der Waals surface area contributed by atoms with Gasteiger partial charge in [0.25, 0.3) is 0 Å². The maximum atomic E-state index is 12.6. The summed E-state index contributed by atoms with van der Waals surface area (Å²) in [4.78, 5) is 25.7. The summed E-state index contributed by atoms with van der Waals surface area (Å²) in [5.41, 5.74) is 2.85. The summed E-state index contributed by atoms with van der Waals surface area (Å²) in [5, 5.41) is 9.16. The molecule has 0 bridgehead atoms. The van der Waals surface area contributed by atoms with E-state index in [-0.39, 0.29) is 17.2 Å². The third-order valence-corrected chi connectivity index (χ3v) is 6.51. The highest BCUT2D eigenvalue weighted by atomic mass is 16.4. The van der Waals surface area contributed by atoms with Crippen LogP contribution in [0.3, 0.4) is 0 Å². The Labute approximate surface area is 142 Å². The van der Waals surface area contributed by atoms with Gasteiger partial charge in [-0.2, -0.15) is 0 Å². The first kappa shape index (κ1) is 15.7. The smallest absolute Gasteiger partial charge is 0.307 e. The van der Waals surface area contributed by atoms with Gasteiger partial charge in [-0.05, 0) is 61.0 Å². The van der Waals surface area contributed by atoms with Crippen molar-refractivity contribution in [1.29, 1.82) is 0 Å². The highest BCUT2D eigenvalue weighted by Crippen LogP contribution is 2.59. The molecule has 1 aromatic carbocycles. The molecule has 1 aromatic rings. The number of carbonyl (C=O) groups excluding carboxylic acids is 1. The normalized spacial score (nSPS) is 27.6. The SMILES string of the molecule is O=C(O)C1CC12CCN(C(=O)CC1CCc3ccccc3C1)CC2. The number of likely N-dealkylation sites (tertiary alicyclic amines) is 1. The third kappa shape index (κ3) is 2.83. The summed E-state index contributed by atoms with van der Waals surface area (Å²) >= 11 is 0. The van der Waals surface area contributed by atoms with E-state index in [4.69, 9.17) is 5.11 Å². The molecular weight excluding hydrogens is 302 g/mol. The summed E-state index contributed by atoms with van der Waals surface area (Å²) in [7, 11) is 0. The molecule has 2 fully saturated rings. The maximum Gasteiger partial charge on any atom is 0.307 e. The fourth-order valence-electron chi connectivity index (χ4n) is 4.77. The van der Waals surface area contributed by atoms with Gasteiger partial charge < -0.3 is 10.0 Å². The molecule has 2 atom stereocenters. The fourth-order valence-corrected chi connectivity index (χ4v) is 4.77. The number of hydrogen-bond donors (Lipinski definition) is 1. The molecule has 0 radical (unpaired) electrons. The first-order chi connectivity index (χ1) is 11.6. The molecule has 1 heterocycles. The number of piperidine rings is 1. The van der Waals surface area contributed by atoms with Crippen molar-refractivity contribution in [3.63, 3.8) is 0 Å². The number of amides is 1. The Balaban J connectivity index is 1.30. The number of carbonyl (C=O) groups is 2. The Hall–Kier alpha value is -1.84. The molecule has 2 unspecified atom stereocenters. The molecule has 1 saturated heterocycles. The Kier molecular flexibility index (Phi) is 3.86. The molecule has 1 spiro atoms. The zero-order valence-corrected chi connectivity index (χ0v) is 14.0. The minimum Gasteiger partial charge on any atom is -0.481 e. The first-order valence-corrected chi connectivity index (χ1v) is 9.15. The van der Waals surface area contributed by atoms with Crippen molar-refractivity contribution in [2.45, 2.75) is 44.9 Å². The summed E-state index contributed by atoms with van der Waals surface area (Å²) in [6, 6.07) is 8.57. The molecule has 4 nitrogen and oxygen atoms in total. The lowest BCUT2D eigenvalue weighted by atomic mass is 9.82. The number of nitrogens with zero attached hydrogens (tertiary/aromatic N) is 1. The molecule has 4 rings (SSSR count). The van der Waals surface area contributed by atoms with Crippen molar-refractivity contribution in [2.24, 2.45) is 17.3 Å². The number of aryl methyl sites for hydroxylation is 1. The molecule has 3 aliphatic rings. The second-order valence-electron chi connectivity index (χ2n) is 7.92. The van der Waals surface area contributed by atoms with Crippen LogP contribution < -0.4 is 0 Å². The zero-order valence-electron chi connectivity index (χ0n) is 14.0. The third-order valence-electron chi connectivity index (χ3n) is 6.51. The van der Waals surface area contributed by atoms with Crippen LogP contribution in [0.2, 0.25) is 0 Å². The van der Waals surface area contributed by atoms with Gasteiger partial charge in [0.2, 0.25) is 5.91 Å². The van der Waals surface area contributed by atoms with Gasteiger partial charge in [0.15, 0.2) is 0 Å². The Morgan fingerprint density at radius 1 is 1.17 bits per heavy atom. The minimum absolute atomic E-state index is 0.00634. The highest BCUT2D eigenvalue weighted by Gasteiger charge is 2.59. The molecule has 1 amide bonds. The van der Waals surface area contributed by atoms with Crippen LogP contribution in [0.15, 0.2) is 24.3 Å². The van der Waals surface area contributed by atoms with Gasteiger partial charge in [0, 0.05) is 19.5 Å². The second kappa shape index (κ2) is 5.91. The zero-order chi connectivity index (χ0) is 16.7. The molecule has 24 heavy (non-hydrogen) atoms. The monoisotopic (exact) mass is 327 g/mol. The van der Waals surface area contributed by atoms with Gasteiger partial charge in [0.1, 0.15) is 0 Å². The number of aliphatic carboxylic acids is 1. The van der Waals surface area contributed by atoms with Crippen LogP contribution >= 0.6 is 0 Å². The van der Waals surface area contributed by atoms with Crippen LogP contribution in [-0.4, -0.2) is 35.0 Å². The van der Waals surface area contributed by atoms with Crippen LogP contribution in [0.5, 0.6) is 0 Å². The van der Waals surface area contributed by atoms with E-state index in [9.17, 15) is 9.59 Å². The maximum absolute atomic E-state index is 12.6. The van der Waals surface area contributed by atoms with E-state index in [1.165, 1.54) is 11.1 Å². The molecule has 1 aliphatic heterocycles. The predicted molar refractivity (Wildman–Crippen MR) is 90.6 cm³/mol. The highest BCUT2D eigenvalue weighted by molar-refractivity contribution is 5.77. The van der Waals surface area contributed by atoms with E-state index in [0.29, 0.717) is 12.3 Å². The number of fused-ring (bicyclic) bond motifs is 1. The van der Waals surface area contributed by atoms with Crippen molar-refractivity contribution >= 4 is 11.9 Å². The molecule has 1 N–H and O–H groups in total. The van der Waals surface area contributed by atoms with Crippen molar-refractivity contribution in [1.82, 2.24) is 4.90 Å². The Morgan fingerprint density at radius 2 is 1.88 bits per heavy atom. The summed E-state index contributed by atoms with van der Waals surface area (Å²) in [5.74, 6) is -0.0991. The largest absolute Gasteiger partial charge is 0.481 e. The number of benzene rings is 1. The van der Waals surface area contributed by atoms with Crippen LogP contribution in [0.1, 0.15) is 43.2 Å². The topological polar surface area (TPSA) is 57.6 Å². The van der Waals surface area contributed by atoms with Crippen LogP contribution in [0.4, 0.5) is 0 Å². The minimum atomic E-state index is -0.657. The second-order valence-corrected chi connectivity index (χ2v) is 7.92. The van der Waals surface area contributed by atoms with E-state index < -0.39 is 5.97 Å². The van der Waals surface area contributed by atoms with Gasteiger partial charge in [-0.15, -0.1) is 0 Å². The number of carboxylic acid groups (broad SMARTS) is 1. The average Bonchev–Trinajstić information content (AvgIpc) is 3.29. The molecule has 2 aliphatic carbocycles. The van der Waals surface area contributed by atoms with E-state index in [1.54, 1.807) is 0 Å². The van der Waals surface area contributed by atoms with Gasteiger partial charge >= 0.3 is 5.97 Å². The number of hydrogen-bond acceptors (Lipinski definition) is 2. The molecule has 0 aromatic heterocycles. The summed E-state index contributed by atoms with van der Waals surface area (Å²) < 4.78 is 0. The van der Waals surface area contributed by atoms with Crippen molar-refractivity contribution in [3.05, 3.63) is 35.4 Å². The lowest BCUT2D eigenvalue weighted by Gasteiger charge is -2.34. The molecular formula is C20H25NO3. The molecule has 1 saturated carbocycles. The van der Waals surface area contributed by atoms with E-state index >= 15 is 0 Å². The Bertz CT molecular complexity index is 661. The van der Waals surface area contributed by atoms with Gasteiger partial charge in [-0.1, -0.05) is 24.3 Å². The van der Waals surface area contributed by atoms with Crippen molar-refractivity contribution < 1.29 is 14.7 Å². The van der Waals surface area contributed by atoms with E-state index in [2.05, 4.69) is 24.3 Å². The summed E-state index contributed by atoms with van der Waals surface area (Å²) in [6.45, 7) is 1.48.